The first-order valence-electron chi connectivity index (χ1n) is 9.42. The lowest BCUT2D eigenvalue weighted by Gasteiger charge is -2.24. The highest BCUT2D eigenvalue weighted by atomic mass is 127. The largest absolute Gasteiger partial charge is 0.357 e. The van der Waals surface area contributed by atoms with Crippen molar-refractivity contribution in [2.45, 2.75) is 39.4 Å². The predicted molar refractivity (Wildman–Crippen MR) is 124 cm³/mol. The normalized spacial score (nSPS) is 12.5. The highest BCUT2D eigenvalue weighted by Crippen LogP contribution is 2.06. The molecule has 6 nitrogen and oxygen atoms in total. The Morgan fingerprint density at radius 3 is 2.67 bits per heavy atom. The van der Waals surface area contributed by atoms with Gasteiger partial charge < -0.3 is 10.6 Å². The number of likely N-dealkylation sites (N-methyl/N-ethyl adjacent to an activating group) is 1. The van der Waals surface area contributed by atoms with Crippen LogP contribution >= 0.6 is 24.0 Å². The number of guanidine groups is 1. The van der Waals surface area contributed by atoms with Gasteiger partial charge in [0.15, 0.2) is 5.96 Å². The summed E-state index contributed by atoms with van der Waals surface area (Å²) >= 11 is 0. The maximum atomic E-state index is 4.74. The average molecular weight is 484 g/mol. The first-order valence-corrected chi connectivity index (χ1v) is 9.42. The van der Waals surface area contributed by atoms with E-state index < -0.39 is 0 Å². The summed E-state index contributed by atoms with van der Waals surface area (Å²) in [6, 6.07) is 12.9. The van der Waals surface area contributed by atoms with Crippen molar-refractivity contribution < 1.29 is 0 Å². The molecule has 2 aromatic rings. The number of halogens is 1. The maximum Gasteiger partial charge on any atom is 0.191 e. The minimum absolute atomic E-state index is 0. The zero-order chi connectivity index (χ0) is 18.6. The number of nitrogens with zero attached hydrogens (tertiary/aromatic N) is 4. The highest BCUT2D eigenvalue weighted by molar-refractivity contribution is 14.0. The summed E-state index contributed by atoms with van der Waals surface area (Å²) in [7, 11) is 2.15. The van der Waals surface area contributed by atoms with Gasteiger partial charge in [-0.1, -0.05) is 30.3 Å². The van der Waals surface area contributed by atoms with Gasteiger partial charge in [0, 0.05) is 44.6 Å². The van der Waals surface area contributed by atoms with Crippen LogP contribution in [0.25, 0.3) is 0 Å². The lowest BCUT2D eigenvalue weighted by molar-refractivity contribution is 0.255. The Balaban J connectivity index is 0.00000364. The van der Waals surface area contributed by atoms with Crippen molar-refractivity contribution in [3.8, 4) is 0 Å². The quantitative estimate of drug-likeness (QED) is 0.236. The number of rotatable bonds is 10. The topological polar surface area (TPSA) is 57.5 Å². The summed E-state index contributed by atoms with van der Waals surface area (Å²) in [5, 5.41) is 10.9. The molecule has 0 aliphatic rings. The van der Waals surface area contributed by atoms with E-state index in [2.05, 4.69) is 71.9 Å². The molecule has 7 heteroatoms. The van der Waals surface area contributed by atoms with Gasteiger partial charge >= 0.3 is 0 Å². The van der Waals surface area contributed by atoms with E-state index in [1.54, 1.807) is 0 Å². The van der Waals surface area contributed by atoms with Gasteiger partial charge in [-0.15, -0.1) is 24.0 Å². The van der Waals surface area contributed by atoms with Gasteiger partial charge in [0.05, 0.1) is 6.54 Å². The van der Waals surface area contributed by atoms with Crippen molar-refractivity contribution in [2.75, 3.05) is 26.7 Å². The van der Waals surface area contributed by atoms with E-state index in [0.29, 0.717) is 6.04 Å². The predicted octanol–water partition coefficient (Wildman–Crippen LogP) is 2.97. The van der Waals surface area contributed by atoms with Crippen LogP contribution in [0, 0.1) is 0 Å². The molecule has 1 unspecified atom stereocenters. The molecule has 0 aliphatic carbocycles. The zero-order valence-electron chi connectivity index (χ0n) is 16.6. The second-order valence-electron chi connectivity index (χ2n) is 6.52. The van der Waals surface area contributed by atoms with Crippen molar-refractivity contribution in [3.05, 3.63) is 54.4 Å². The zero-order valence-corrected chi connectivity index (χ0v) is 19.0. The molecular weight excluding hydrogens is 451 g/mol. The second kappa shape index (κ2) is 13.5. The van der Waals surface area contributed by atoms with Crippen LogP contribution in [0.3, 0.4) is 0 Å². The van der Waals surface area contributed by atoms with E-state index in [0.717, 1.165) is 45.1 Å². The van der Waals surface area contributed by atoms with E-state index in [1.807, 2.05) is 23.1 Å². The summed E-state index contributed by atoms with van der Waals surface area (Å²) in [4.78, 5) is 7.07. The monoisotopic (exact) mass is 484 g/mol. The molecule has 1 aromatic heterocycles. The van der Waals surface area contributed by atoms with Crippen LogP contribution in [-0.2, 0) is 13.1 Å². The van der Waals surface area contributed by atoms with Crippen LogP contribution in [0.1, 0.15) is 25.8 Å². The van der Waals surface area contributed by atoms with Crippen LogP contribution in [0.15, 0.2) is 53.8 Å². The third-order valence-electron chi connectivity index (χ3n) is 4.30. The van der Waals surface area contributed by atoms with E-state index >= 15 is 0 Å². The van der Waals surface area contributed by atoms with Gasteiger partial charge in [-0.2, -0.15) is 5.10 Å². The molecule has 27 heavy (non-hydrogen) atoms. The van der Waals surface area contributed by atoms with E-state index in [-0.39, 0.29) is 24.0 Å². The molecule has 0 saturated carbocycles. The van der Waals surface area contributed by atoms with E-state index in [4.69, 9.17) is 4.99 Å². The molecule has 150 valence electrons. The summed E-state index contributed by atoms with van der Waals surface area (Å²) < 4.78 is 1.95. The first-order chi connectivity index (χ1) is 12.7. The molecule has 1 atom stereocenters. The molecule has 1 aromatic carbocycles. The smallest absolute Gasteiger partial charge is 0.191 e. The summed E-state index contributed by atoms with van der Waals surface area (Å²) in [6.07, 6.45) is 4.81. The van der Waals surface area contributed by atoms with Gasteiger partial charge in [0.2, 0.25) is 0 Å². The standard InChI is InChI=1S/C20H32N6.HI/c1-4-21-20(22-12-8-14-26-15-9-13-24-26)23-16-18(2)25(3)17-19-10-6-5-7-11-19;/h5-7,9-11,13,15,18H,4,8,12,14,16-17H2,1-3H3,(H2,21,22,23);1H. The number of benzene rings is 1. The van der Waals surface area contributed by atoms with Crippen molar-refractivity contribution >= 4 is 29.9 Å². The fourth-order valence-electron chi connectivity index (χ4n) is 2.61. The molecule has 0 fully saturated rings. The minimum atomic E-state index is 0. The Bertz CT molecular complexity index is 629. The summed E-state index contributed by atoms with van der Waals surface area (Å²) in [6.45, 7) is 8.65. The molecule has 0 saturated heterocycles. The molecule has 1 heterocycles. The molecule has 0 aliphatic heterocycles. The van der Waals surface area contributed by atoms with E-state index in [1.165, 1.54) is 5.56 Å². The van der Waals surface area contributed by atoms with Crippen molar-refractivity contribution in [1.29, 1.82) is 0 Å². The number of hydrogen-bond donors (Lipinski definition) is 2. The number of nitrogens with one attached hydrogen (secondary N) is 2. The summed E-state index contributed by atoms with van der Waals surface area (Å²) in [5.41, 5.74) is 1.33. The number of aryl methyl sites for hydroxylation is 1. The Morgan fingerprint density at radius 2 is 2.00 bits per heavy atom. The molecule has 0 amide bonds. The molecule has 2 rings (SSSR count). The lowest BCUT2D eigenvalue weighted by Crippen LogP contribution is -2.39. The van der Waals surface area contributed by atoms with Crippen molar-refractivity contribution in [3.63, 3.8) is 0 Å². The molecule has 0 radical (unpaired) electrons. The van der Waals surface area contributed by atoms with Crippen molar-refractivity contribution in [1.82, 2.24) is 25.3 Å². The summed E-state index contributed by atoms with van der Waals surface area (Å²) in [5.74, 6) is 0.882. The van der Waals surface area contributed by atoms with Gasteiger partial charge in [-0.25, -0.2) is 0 Å². The fourth-order valence-corrected chi connectivity index (χ4v) is 2.61. The van der Waals surface area contributed by atoms with Crippen LogP contribution in [0.5, 0.6) is 0 Å². The number of aliphatic imine (C=N–C) groups is 1. The van der Waals surface area contributed by atoms with Gasteiger partial charge in [0.25, 0.3) is 0 Å². The fraction of sp³-hybridized carbons (Fsp3) is 0.500. The van der Waals surface area contributed by atoms with Gasteiger partial charge in [-0.3, -0.25) is 14.6 Å². The highest BCUT2D eigenvalue weighted by Gasteiger charge is 2.09. The Morgan fingerprint density at radius 1 is 1.22 bits per heavy atom. The van der Waals surface area contributed by atoms with Crippen LogP contribution in [0.4, 0.5) is 0 Å². The van der Waals surface area contributed by atoms with Crippen LogP contribution < -0.4 is 10.6 Å². The lowest BCUT2D eigenvalue weighted by atomic mass is 10.2. The third-order valence-corrected chi connectivity index (χ3v) is 4.30. The number of aromatic nitrogens is 2. The Hall–Kier alpha value is -1.61. The molecule has 2 N–H and O–H groups in total. The average Bonchev–Trinajstić information content (AvgIpc) is 3.17. The van der Waals surface area contributed by atoms with Gasteiger partial charge in [0.1, 0.15) is 0 Å². The minimum Gasteiger partial charge on any atom is -0.357 e. The van der Waals surface area contributed by atoms with Crippen LogP contribution in [-0.4, -0.2) is 53.4 Å². The Kier molecular flexibility index (Phi) is 11.8. The number of hydrogen-bond acceptors (Lipinski definition) is 3. The second-order valence-corrected chi connectivity index (χ2v) is 6.52. The van der Waals surface area contributed by atoms with Crippen LogP contribution in [0.2, 0.25) is 0 Å². The SMILES string of the molecule is CCNC(=NCC(C)N(C)Cc1ccccc1)NCCCn1cccn1.I. The van der Waals surface area contributed by atoms with Crippen molar-refractivity contribution in [2.24, 2.45) is 4.99 Å². The third kappa shape index (κ3) is 9.23. The molecular formula is C20H33IN6. The van der Waals surface area contributed by atoms with E-state index in [9.17, 15) is 0 Å². The van der Waals surface area contributed by atoms with Gasteiger partial charge in [-0.05, 0) is 38.9 Å². The maximum absolute atomic E-state index is 4.74. The first kappa shape index (κ1) is 23.4. The molecule has 0 bridgehead atoms. The molecule has 0 spiro atoms. The Labute approximate surface area is 180 Å².